The average Bonchev–Trinajstić information content (AvgIpc) is 2.64. The molecular formula is C20H21BrClN3. The van der Waals surface area contributed by atoms with Crippen LogP contribution in [0.2, 0.25) is 5.02 Å². The van der Waals surface area contributed by atoms with E-state index in [1.807, 2.05) is 18.2 Å². The summed E-state index contributed by atoms with van der Waals surface area (Å²) in [5, 5.41) is 1.99. The Morgan fingerprint density at radius 1 is 0.840 bits per heavy atom. The van der Waals surface area contributed by atoms with Crippen LogP contribution in [0.15, 0.2) is 60.7 Å². The van der Waals surface area contributed by atoms with Gasteiger partial charge in [-0.15, -0.1) is 17.0 Å². The van der Waals surface area contributed by atoms with Crippen LogP contribution in [0.3, 0.4) is 0 Å². The number of hydrogen-bond donors (Lipinski definition) is 0. The number of fused-ring (bicyclic) bond motifs is 1. The van der Waals surface area contributed by atoms with E-state index in [1.165, 1.54) is 10.9 Å². The topological polar surface area (TPSA) is 19.4 Å². The molecule has 4 rings (SSSR count). The minimum atomic E-state index is 0. The molecular weight excluding hydrogens is 398 g/mol. The third-order valence-electron chi connectivity index (χ3n) is 4.60. The van der Waals surface area contributed by atoms with Crippen LogP contribution < -0.4 is 4.90 Å². The highest BCUT2D eigenvalue weighted by Gasteiger charge is 2.18. The first-order valence-corrected chi connectivity index (χ1v) is 8.73. The van der Waals surface area contributed by atoms with Crippen molar-refractivity contribution < 1.29 is 0 Å². The zero-order valence-electron chi connectivity index (χ0n) is 13.9. The summed E-state index contributed by atoms with van der Waals surface area (Å²) in [6, 6.07) is 20.7. The maximum atomic E-state index is 5.96. The van der Waals surface area contributed by atoms with Crippen LogP contribution in [0.1, 0.15) is 5.56 Å². The van der Waals surface area contributed by atoms with Crippen LogP contribution in [0.25, 0.3) is 10.9 Å². The normalized spacial score (nSPS) is 15.2. The highest BCUT2D eigenvalue weighted by Crippen LogP contribution is 2.20. The summed E-state index contributed by atoms with van der Waals surface area (Å²) in [5.74, 6) is 1.08. The lowest BCUT2D eigenvalue weighted by atomic mass is 10.2. The fraction of sp³-hybridized carbons (Fsp3) is 0.250. The Kier molecular flexibility index (Phi) is 5.94. The zero-order valence-corrected chi connectivity index (χ0v) is 16.4. The van der Waals surface area contributed by atoms with Crippen molar-refractivity contribution in [3.63, 3.8) is 0 Å². The number of rotatable bonds is 3. The van der Waals surface area contributed by atoms with E-state index in [9.17, 15) is 0 Å². The molecule has 3 nitrogen and oxygen atoms in total. The molecule has 2 aromatic carbocycles. The molecule has 1 saturated heterocycles. The Morgan fingerprint density at radius 3 is 2.32 bits per heavy atom. The van der Waals surface area contributed by atoms with Crippen LogP contribution in [-0.2, 0) is 6.54 Å². The molecule has 3 aromatic rings. The molecule has 1 fully saturated rings. The van der Waals surface area contributed by atoms with E-state index >= 15 is 0 Å². The smallest absolute Gasteiger partial charge is 0.129 e. The fourth-order valence-corrected chi connectivity index (χ4v) is 3.34. The maximum Gasteiger partial charge on any atom is 0.129 e. The molecule has 1 aliphatic rings. The van der Waals surface area contributed by atoms with Crippen molar-refractivity contribution in [3.8, 4) is 0 Å². The largest absolute Gasteiger partial charge is 0.354 e. The SMILES string of the molecule is Br.Clc1ccc(CN2CCN(c3ccc4ccccc4n3)CC2)cc1. The number of aromatic nitrogens is 1. The summed E-state index contributed by atoms with van der Waals surface area (Å²) in [6.07, 6.45) is 0. The lowest BCUT2D eigenvalue weighted by Gasteiger charge is -2.35. The molecule has 1 aromatic heterocycles. The molecule has 0 radical (unpaired) electrons. The summed E-state index contributed by atoms with van der Waals surface area (Å²) < 4.78 is 0. The van der Waals surface area contributed by atoms with Gasteiger partial charge in [-0.2, -0.15) is 0 Å². The molecule has 0 unspecified atom stereocenters. The Balaban J connectivity index is 0.00000182. The standard InChI is InChI=1S/C20H20ClN3.BrH/c21-18-8-5-16(6-9-18)15-23-11-13-24(14-12-23)20-10-7-17-3-1-2-4-19(17)22-20;/h1-10H,11-15H2;1H. The van der Waals surface area contributed by atoms with Crippen molar-refractivity contribution in [3.05, 3.63) is 71.2 Å². The molecule has 0 aliphatic carbocycles. The van der Waals surface area contributed by atoms with E-state index < -0.39 is 0 Å². The summed E-state index contributed by atoms with van der Waals surface area (Å²) in [7, 11) is 0. The summed E-state index contributed by atoms with van der Waals surface area (Å²) in [6.45, 7) is 5.11. The Hall–Kier alpha value is -1.62. The van der Waals surface area contributed by atoms with Crippen molar-refractivity contribution in [1.82, 2.24) is 9.88 Å². The number of anilines is 1. The van der Waals surface area contributed by atoms with Crippen LogP contribution in [-0.4, -0.2) is 36.1 Å². The molecule has 0 amide bonds. The summed E-state index contributed by atoms with van der Waals surface area (Å²) >= 11 is 5.96. The van der Waals surface area contributed by atoms with Crippen molar-refractivity contribution in [1.29, 1.82) is 0 Å². The van der Waals surface area contributed by atoms with Gasteiger partial charge in [-0.3, -0.25) is 4.90 Å². The first kappa shape index (κ1) is 18.2. The van der Waals surface area contributed by atoms with Gasteiger partial charge in [-0.05, 0) is 35.9 Å². The fourth-order valence-electron chi connectivity index (χ4n) is 3.21. The number of benzene rings is 2. The zero-order chi connectivity index (χ0) is 16.4. The van der Waals surface area contributed by atoms with Gasteiger partial charge in [0.15, 0.2) is 0 Å². The monoisotopic (exact) mass is 417 g/mol. The van der Waals surface area contributed by atoms with E-state index in [1.54, 1.807) is 0 Å². The Bertz CT molecular complexity index is 830. The second kappa shape index (κ2) is 8.17. The van der Waals surface area contributed by atoms with Gasteiger partial charge < -0.3 is 4.90 Å². The van der Waals surface area contributed by atoms with Gasteiger partial charge in [-0.25, -0.2) is 4.98 Å². The van der Waals surface area contributed by atoms with Crippen LogP contribution >= 0.6 is 28.6 Å². The predicted molar refractivity (Wildman–Crippen MR) is 111 cm³/mol. The van der Waals surface area contributed by atoms with Crippen molar-refractivity contribution in [2.45, 2.75) is 6.54 Å². The van der Waals surface area contributed by atoms with Crippen LogP contribution in [0.4, 0.5) is 5.82 Å². The number of nitrogens with zero attached hydrogens (tertiary/aromatic N) is 3. The lowest BCUT2D eigenvalue weighted by molar-refractivity contribution is 0.249. The summed E-state index contributed by atoms with van der Waals surface area (Å²) in [4.78, 5) is 9.68. The molecule has 2 heterocycles. The maximum absolute atomic E-state index is 5.96. The third kappa shape index (κ3) is 4.32. The van der Waals surface area contributed by atoms with E-state index in [-0.39, 0.29) is 17.0 Å². The van der Waals surface area contributed by atoms with Gasteiger partial charge in [0, 0.05) is 43.1 Å². The van der Waals surface area contributed by atoms with E-state index in [0.717, 1.165) is 49.1 Å². The molecule has 0 N–H and O–H groups in total. The molecule has 1 aliphatic heterocycles. The Morgan fingerprint density at radius 2 is 1.56 bits per heavy atom. The molecule has 0 atom stereocenters. The molecule has 0 saturated carbocycles. The highest BCUT2D eigenvalue weighted by atomic mass is 79.9. The molecule has 0 bridgehead atoms. The minimum absolute atomic E-state index is 0. The molecule has 0 spiro atoms. The van der Waals surface area contributed by atoms with E-state index in [2.05, 4.69) is 52.3 Å². The van der Waals surface area contributed by atoms with Crippen molar-refractivity contribution in [2.24, 2.45) is 0 Å². The van der Waals surface area contributed by atoms with Gasteiger partial charge in [-0.1, -0.05) is 41.9 Å². The number of hydrogen-bond acceptors (Lipinski definition) is 3. The second-order valence-corrected chi connectivity index (χ2v) is 6.69. The lowest BCUT2D eigenvalue weighted by Crippen LogP contribution is -2.46. The predicted octanol–water partition coefficient (Wildman–Crippen LogP) is 4.79. The van der Waals surface area contributed by atoms with Crippen LogP contribution in [0.5, 0.6) is 0 Å². The van der Waals surface area contributed by atoms with Gasteiger partial charge in [0.2, 0.25) is 0 Å². The van der Waals surface area contributed by atoms with Gasteiger partial charge in [0.05, 0.1) is 5.52 Å². The van der Waals surface area contributed by atoms with Crippen LogP contribution in [0, 0.1) is 0 Å². The minimum Gasteiger partial charge on any atom is -0.354 e. The van der Waals surface area contributed by atoms with Gasteiger partial charge >= 0.3 is 0 Å². The number of para-hydroxylation sites is 1. The van der Waals surface area contributed by atoms with Crippen molar-refractivity contribution in [2.75, 3.05) is 31.1 Å². The molecule has 25 heavy (non-hydrogen) atoms. The highest BCUT2D eigenvalue weighted by molar-refractivity contribution is 8.93. The van der Waals surface area contributed by atoms with E-state index in [4.69, 9.17) is 16.6 Å². The number of halogens is 2. The quantitative estimate of drug-likeness (QED) is 0.610. The second-order valence-electron chi connectivity index (χ2n) is 6.25. The average molecular weight is 419 g/mol. The van der Waals surface area contributed by atoms with Gasteiger partial charge in [0.1, 0.15) is 5.82 Å². The number of pyridine rings is 1. The molecule has 130 valence electrons. The first-order chi connectivity index (χ1) is 11.8. The first-order valence-electron chi connectivity index (χ1n) is 8.35. The molecule has 5 heteroatoms. The summed E-state index contributed by atoms with van der Waals surface area (Å²) in [5.41, 5.74) is 2.38. The van der Waals surface area contributed by atoms with Gasteiger partial charge in [0.25, 0.3) is 0 Å². The number of piperazine rings is 1. The van der Waals surface area contributed by atoms with E-state index in [0.29, 0.717) is 0 Å². The third-order valence-corrected chi connectivity index (χ3v) is 4.85. The van der Waals surface area contributed by atoms with Crippen molar-refractivity contribution >= 4 is 45.3 Å². The Labute approximate surface area is 164 Å².